The minimum atomic E-state index is -3.22. The topological polar surface area (TPSA) is 52.0 Å². The predicted octanol–water partition coefficient (Wildman–Crippen LogP) is 5.03. The number of imidazole rings is 1. The lowest BCUT2D eigenvalue weighted by Crippen LogP contribution is -2.36. The van der Waals surface area contributed by atoms with E-state index in [9.17, 15) is 8.42 Å². The first-order chi connectivity index (χ1) is 14.0. The van der Waals surface area contributed by atoms with E-state index in [0.29, 0.717) is 10.8 Å². The van der Waals surface area contributed by atoms with E-state index in [-0.39, 0.29) is 5.54 Å². The molecular formula is C24H26N2O2S. The van der Waals surface area contributed by atoms with E-state index < -0.39 is 9.84 Å². The van der Waals surface area contributed by atoms with E-state index in [0.717, 1.165) is 17.8 Å². The summed E-state index contributed by atoms with van der Waals surface area (Å²) in [6.07, 6.45) is 12.7. The Labute approximate surface area is 172 Å². The van der Waals surface area contributed by atoms with Crippen LogP contribution in [0.15, 0.2) is 65.8 Å². The lowest BCUT2D eigenvalue weighted by molar-refractivity contribution is 0.264. The highest BCUT2D eigenvalue weighted by Crippen LogP contribution is 2.51. The third-order valence-electron chi connectivity index (χ3n) is 6.73. The number of hydrogen-bond acceptors (Lipinski definition) is 3. The third kappa shape index (κ3) is 2.94. The number of aromatic nitrogens is 2. The van der Waals surface area contributed by atoms with Crippen LogP contribution in [0.5, 0.6) is 0 Å². The maximum absolute atomic E-state index is 12.0. The standard InChI is InChI=1S/C24H26N2O2S/c1-29(27,28)20-13-11-19(12-14-20)24(17-18-7-3-2-4-8-18)22-10-6-5-9-21(22)23-25-15-16-26(23)24/h5-6,9-16,18H,2-4,7-8,17H2,1H3. The van der Waals surface area contributed by atoms with Crippen molar-refractivity contribution in [2.75, 3.05) is 6.26 Å². The Bertz CT molecular complexity index is 1140. The Balaban J connectivity index is 1.71. The van der Waals surface area contributed by atoms with Crippen LogP contribution in [-0.4, -0.2) is 24.2 Å². The lowest BCUT2D eigenvalue weighted by atomic mass is 9.73. The Morgan fingerprint density at radius 2 is 1.76 bits per heavy atom. The number of sulfone groups is 1. The van der Waals surface area contributed by atoms with Gasteiger partial charge >= 0.3 is 0 Å². The highest BCUT2D eigenvalue weighted by Gasteiger charge is 2.46. The van der Waals surface area contributed by atoms with E-state index in [1.807, 2.05) is 18.3 Å². The average Bonchev–Trinajstić information content (AvgIpc) is 3.31. The van der Waals surface area contributed by atoms with Crippen molar-refractivity contribution in [1.82, 2.24) is 9.55 Å². The monoisotopic (exact) mass is 406 g/mol. The molecule has 5 heteroatoms. The molecule has 4 nitrogen and oxygen atoms in total. The van der Waals surface area contributed by atoms with Crippen LogP contribution in [0.1, 0.15) is 49.7 Å². The van der Waals surface area contributed by atoms with Crippen LogP contribution in [-0.2, 0) is 15.4 Å². The first kappa shape index (κ1) is 18.6. The maximum Gasteiger partial charge on any atom is 0.175 e. The smallest absolute Gasteiger partial charge is 0.175 e. The molecular weight excluding hydrogens is 380 g/mol. The molecule has 1 fully saturated rings. The molecule has 0 amide bonds. The highest BCUT2D eigenvalue weighted by molar-refractivity contribution is 7.90. The first-order valence-electron chi connectivity index (χ1n) is 10.4. The van der Waals surface area contributed by atoms with Gasteiger partial charge < -0.3 is 4.57 Å². The van der Waals surface area contributed by atoms with Crippen LogP contribution >= 0.6 is 0 Å². The predicted molar refractivity (Wildman–Crippen MR) is 115 cm³/mol. The van der Waals surface area contributed by atoms with Gasteiger partial charge in [0.15, 0.2) is 9.84 Å². The summed E-state index contributed by atoms with van der Waals surface area (Å²) >= 11 is 0. The van der Waals surface area contributed by atoms with Crippen molar-refractivity contribution < 1.29 is 8.42 Å². The van der Waals surface area contributed by atoms with Crippen LogP contribution in [0.2, 0.25) is 0 Å². The lowest BCUT2D eigenvalue weighted by Gasteiger charge is -2.38. The minimum absolute atomic E-state index is 0.333. The molecule has 1 aliphatic carbocycles. The minimum Gasteiger partial charge on any atom is -0.317 e. The van der Waals surface area contributed by atoms with Gasteiger partial charge in [-0.05, 0) is 35.6 Å². The van der Waals surface area contributed by atoms with Gasteiger partial charge in [0.1, 0.15) is 5.82 Å². The van der Waals surface area contributed by atoms with Gasteiger partial charge in [0.2, 0.25) is 0 Å². The molecule has 2 aromatic carbocycles. The molecule has 1 aliphatic heterocycles. The second-order valence-corrected chi connectivity index (χ2v) is 10.5. The van der Waals surface area contributed by atoms with Crippen molar-refractivity contribution in [3.8, 4) is 11.4 Å². The van der Waals surface area contributed by atoms with E-state index in [1.165, 1.54) is 49.5 Å². The molecule has 150 valence electrons. The van der Waals surface area contributed by atoms with Crippen LogP contribution in [0.4, 0.5) is 0 Å². The number of hydrogen-bond donors (Lipinski definition) is 0. The molecule has 29 heavy (non-hydrogen) atoms. The van der Waals surface area contributed by atoms with Crippen LogP contribution in [0, 0.1) is 5.92 Å². The molecule has 0 saturated heterocycles. The summed E-state index contributed by atoms with van der Waals surface area (Å²) in [5.74, 6) is 1.66. The molecule has 1 atom stereocenters. The normalized spacial score (nSPS) is 21.7. The van der Waals surface area contributed by atoms with E-state index in [1.54, 1.807) is 12.1 Å². The summed E-state index contributed by atoms with van der Waals surface area (Å²) in [6.45, 7) is 0. The Kier molecular flexibility index (Phi) is 4.39. The summed E-state index contributed by atoms with van der Waals surface area (Å²) in [6, 6.07) is 16.1. The largest absolute Gasteiger partial charge is 0.317 e. The van der Waals surface area contributed by atoms with Gasteiger partial charge in [-0.25, -0.2) is 13.4 Å². The average molecular weight is 407 g/mol. The fraction of sp³-hybridized carbons (Fsp3) is 0.375. The van der Waals surface area contributed by atoms with Crippen molar-refractivity contribution in [2.45, 2.75) is 49.0 Å². The van der Waals surface area contributed by atoms with Gasteiger partial charge in [-0.2, -0.15) is 0 Å². The first-order valence-corrected chi connectivity index (χ1v) is 12.3. The summed E-state index contributed by atoms with van der Waals surface area (Å²) in [7, 11) is -3.22. The SMILES string of the molecule is CS(=O)(=O)c1ccc(C2(CC3CCCCC3)c3ccccc3-c3nccn32)cc1. The van der Waals surface area contributed by atoms with Crippen molar-refractivity contribution in [3.05, 3.63) is 72.1 Å². The molecule has 0 N–H and O–H groups in total. The van der Waals surface area contributed by atoms with Crippen molar-refractivity contribution in [1.29, 1.82) is 0 Å². The third-order valence-corrected chi connectivity index (χ3v) is 7.86. The van der Waals surface area contributed by atoms with Crippen molar-refractivity contribution in [3.63, 3.8) is 0 Å². The molecule has 2 heterocycles. The quantitative estimate of drug-likeness (QED) is 0.611. The van der Waals surface area contributed by atoms with E-state index in [2.05, 4.69) is 40.0 Å². The Hall–Kier alpha value is -2.40. The highest BCUT2D eigenvalue weighted by atomic mass is 32.2. The van der Waals surface area contributed by atoms with Crippen LogP contribution < -0.4 is 0 Å². The molecule has 0 bridgehead atoms. The molecule has 1 aromatic heterocycles. The fourth-order valence-electron chi connectivity index (χ4n) is 5.39. The number of rotatable bonds is 4. The molecule has 0 spiro atoms. The van der Waals surface area contributed by atoms with Gasteiger partial charge in [0, 0.05) is 24.2 Å². The Morgan fingerprint density at radius 3 is 2.48 bits per heavy atom. The number of benzene rings is 2. The van der Waals surface area contributed by atoms with Gasteiger partial charge in [0.25, 0.3) is 0 Å². The number of fused-ring (bicyclic) bond motifs is 3. The number of nitrogens with zero attached hydrogens (tertiary/aromatic N) is 2. The summed E-state index contributed by atoms with van der Waals surface area (Å²) in [5, 5.41) is 0. The second kappa shape index (κ2) is 6.84. The molecule has 1 saturated carbocycles. The van der Waals surface area contributed by atoms with E-state index in [4.69, 9.17) is 0 Å². The fourth-order valence-corrected chi connectivity index (χ4v) is 6.02. The van der Waals surface area contributed by atoms with Crippen molar-refractivity contribution in [2.24, 2.45) is 5.92 Å². The van der Waals surface area contributed by atoms with Crippen LogP contribution in [0.3, 0.4) is 0 Å². The molecule has 0 radical (unpaired) electrons. The zero-order chi connectivity index (χ0) is 20.1. The maximum atomic E-state index is 12.0. The van der Waals surface area contributed by atoms with E-state index >= 15 is 0 Å². The summed E-state index contributed by atoms with van der Waals surface area (Å²) < 4.78 is 26.3. The molecule has 1 unspecified atom stereocenters. The van der Waals surface area contributed by atoms with Gasteiger partial charge in [-0.3, -0.25) is 0 Å². The summed E-state index contributed by atoms with van der Waals surface area (Å²) in [5.41, 5.74) is 3.27. The second-order valence-electron chi connectivity index (χ2n) is 8.53. The molecule has 3 aromatic rings. The molecule has 2 aliphatic rings. The van der Waals surface area contributed by atoms with Gasteiger partial charge in [-0.1, -0.05) is 68.5 Å². The molecule has 5 rings (SSSR count). The van der Waals surface area contributed by atoms with Crippen LogP contribution in [0.25, 0.3) is 11.4 Å². The summed E-state index contributed by atoms with van der Waals surface area (Å²) in [4.78, 5) is 5.04. The van der Waals surface area contributed by atoms with Gasteiger partial charge in [0.05, 0.1) is 10.4 Å². The Morgan fingerprint density at radius 1 is 1.03 bits per heavy atom. The zero-order valence-electron chi connectivity index (χ0n) is 16.7. The zero-order valence-corrected chi connectivity index (χ0v) is 17.5. The van der Waals surface area contributed by atoms with Gasteiger partial charge in [-0.15, -0.1) is 0 Å². The van der Waals surface area contributed by atoms with Crippen molar-refractivity contribution >= 4 is 9.84 Å².